The van der Waals surface area contributed by atoms with Gasteiger partial charge in [0.05, 0.1) is 18.4 Å². The summed E-state index contributed by atoms with van der Waals surface area (Å²) in [6, 6.07) is 4.45. The lowest BCUT2D eigenvalue weighted by molar-refractivity contribution is 0.0595. The predicted octanol–water partition coefficient (Wildman–Crippen LogP) is 2.59. The van der Waals surface area contributed by atoms with E-state index in [-0.39, 0.29) is 5.56 Å². The average molecular weight is 302 g/mol. The first kappa shape index (κ1) is 14.2. The SMILES string of the molecule is COC(=O)c1ccc(NN=C2CC(C)n3ccnc32)cc1F. The van der Waals surface area contributed by atoms with E-state index in [1.54, 1.807) is 12.3 Å². The van der Waals surface area contributed by atoms with E-state index < -0.39 is 11.8 Å². The molecular weight excluding hydrogens is 287 g/mol. The quantitative estimate of drug-likeness (QED) is 0.699. The van der Waals surface area contributed by atoms with Gasteiger partial charge in [0.15, 0.2) is 5.82 Å². The Labute approximate surface area is 126 Å². The molecule has 1 N–H and O–H groups in total. The number of imidazole rings is 1. The predicted molar refractivity (Wildman–Crippen MR) is 79.5 cm³/mol. The minimum absolute atomic E-state index is 0.106. The van der Waals surface area contributed by atoms with Crippen LogP contribution in [0.15, 0.2) is 35.7 Å². The number of nitrogens with one attached hydrogen (secondary N) is 1. The van der Waals surface area contributed by atoms with E-state index in [0.717, 1.165) is 18.0 Å². The molecule has 0 saturated carbocycles. The molecule has 1 aromatic heterocycles. The first-order valence-corrected chi connectivity index (χ1v) is 6.84. The van der Waals surface area contributed by atoms with Gasteiger partial charge in [-0.2, -0.15) is 5.10 Å². The third-order valence-electron chi connectivity index (χ3n) is 3.58. The number of fused-ring (bicyclic) bond motifs is 1. The number of nitrogens with zero attached hydrogens (tertiary/aromatic N) is 3. The van der Waals surface area contributed by atoms with E-state index in [0.29, 0.717) is 11.7 Å². The second kappa shape index (κ2) is 5.59. The van der Waals surface area contributed by atoms with Crippen LogP contribution in [-0.2, 0) is 4.74 Å². The second-order valence-electron chi connectivity index (χ2n) is 5.07. The molecule has 0 fully saturated rings. The number of carbonyl (C=O) groups excluding carboxylic acids is 1. The van der Waals surface area contributed by atoms with Gasteiger partial charge in [0, 0.05) is 24.9 Å². The summed E-state index contributed by atoms with van der Waals surface area (Å²) in [5.74, 6) is -0.549. The van der Waals surface area contributed by atoms with Crippen LogP contribution < -0.4 is 5.43 Å². The highest BCUT2D eigenvalue weighted by Crippen LogP contribution is 2.24. The van der Waals surface area contributed by atoms with Gasteiger partial charge in [0.25, 0.3) is 0 Å². The molecule has 2 aromatic rings. The van der Waals surface area contributed by atoms with Crippen LogP contribution in [0.2, 0.25) is 0 Å². The van der Waals surface area contributed by atoms with E-state index in [9.17, 15) is 9.18 Å². The zero-order valence-corrected chi connectivity index (χ0v) is 12.2. The number of benzene rings is 1. The Kier molecular flexibility index (Phi) is 3.62. The number of anilines is 1. The van der Waals surface area contributed by atoms with Crippen LogP contribution >= 0.6 is 0 Å². The standard InChI is InChI=1S/C15H15FN4O2/c1-9-7-13(14-17-5-6-20(9)14)19-18-10-3-4-11(12(16)8-10)15(21)22-2/h3-6,8-9,18H,7H2,1-2H3. The van der Waals surface area contributed by atoms with Crippen LogP contribution in [0.4, 0.5) is 10.1 Å². The Morgan fingerprint density at radius 3 is 3.09 bits per heavy atom. The van der Waals surface area contributed by atoms with Gasteiger partial charge in [-0.05, 0) is 25.1 Å². The summed E-state index contributed by atoms with van der Waals surface area (Å²) >= 11 is 0. The van der Waals surface area contributed by atoms with Gasteiger partial charge in [0.1, 0.15) is 11.5 Å². The van der Waals surface area contributed by atoms with Crippen LogP contribution in [0.25, 0.3) is 0 Å². The van der Waals surface area contributed by atoms with Crippen molar-refractivity contribution >= 4 is 17.4 Å². The third-order valence-corrected chi connectivity index (χ3v) is 3.58. The highest BCUT2D eigenvalue weighted by atomic mass is 19.1. The minimum atomic E-state index is -0.706. The molecule has 1 unspecified atom stereocenters. The molecule has 0 radical (unpaired) electrons. The van der Waals surface area contributed by atoms with Crippen molar-refractivity contribution in [3.8, 4) is 0 Å². The highest BCUT2D eigenvalue weighted by molar-refractivity contribution is 6.00. The average Bonchev–Trinajstić information content (AvgIpc) is 3.09. The number of hydrazone groups is 1. The Balaban J connectivity index is 1.79. The fraction of sp³-hybridized carbons (Fsp3) is 0.267. The zero-order chi connectivity index (χ0) is 15.7. The normalized spacial score (nSPS) is 18.3. The van der Waals surface area contributed by atoms with Crippen molar-refractivity contribution in [3.05, 3.63) is 47.8 Å². The Morgan fingerprint density at radius 2 is 2.36 bits per heavy atom. The Morgan fingerprint density at radius 1 is 1.55 bits per heavy atom. The number of ether oxygens (including phenoxy) is 1. The molecule has 0 spiro atoms. The molecular formula is C15H15FN4O2. The van der Waals surface area contributed by atoms with Gasteiger partial charge >= 0.3 is 5.97 Å². The number of esters is 1. The van der Waals surface area contributed by atoms with E-state index in [2.05, 4.69) is 27.2 Å². The van der Waals surface area contributed by atoms with Crippen LogP contribution in [0, 0.1) is 5.82 Å². The molecule has 7 heteroatoms. The number of rotatable bonds is 3. The van der Waals surface area contributed by atoms with E-state index in [1.165, 1.54) is 19.2 Å². The lowest BCUT2D eigenvalue weighted by atomic mass is 10.2. The van der Waals surface area contributed by atoms with Crippen LogP contribution in [-0.4, -0.2) is 28.3 Å². The van der Waals surface area contributed by atoms with Crippen molar-refractivity contribution in [2.45, 2.75) is 19.4 Å². The molecule has 1 aromatic carbocycles. The van der Waals surface area contributed by atoms with E-state index in [1.807, 2.05) is 10.8 Å². The van der Waals surface area contributed by atoms with Crippen molar-refractivity contribution in [1.82, 2.24) is 9.55 Å². The first-order valence-electron chi connectivity index (χ1n) is 6.84. The van der Waals surface area contributed by atoms with Gasteiger partial charge in [-0.3, -0.25) is 5.43 Å². The Bertz CT molecular complexity index is 754. The number of carbonyl (C=O) groups is 1. The maximum absolute atomic E-state index is 13.8. The molecule has 6 nitrogen and oxygen atoms in total. The van der Waals surface area contributed by atoms with Crippen molar-refractivity contribution in [3.63, 3.8) is 0 Å². The number of hydrogen-bond acceptors (Lipinski definition) is 5. The topological polar surface area (TPSA) is 68.5 Å². The van der Waals surface area contributed by atoms with Crippen molar-refractivity contribution in [2.24, 2.45) is 5.10 Å². The van der Waals surface area contributed by atoms with Gasteiger partial charge in [-0.15, -0.1) is 0 Å². The van der Waals surface area contributed by atoms with Gasteiger partial charge in [0.2, 0.25) is 0 Å². The molecule has 1 aliphatic heterocycles. The van der Waals surface area contributed by atoms with Crippen molar-refractivity contribution in [2.75, 3.05) is 12.5 Å². The fourth-order valence-corrected chi connectivity index (χ4v) is 2.45. The lowest BCUT2D eigenvalue weighted by Crippen LogP contribution is -2.05. The molecule has 0 bridgehead atoms. The number of methoxy groups -OCH3 is 1. The summed E-state index contributed by atoms with van der Waals surface area (Å²) in [4.78, 5) is 15.6. The van der Waals surface area contributed by atoms with Gasteiger partial charge < -0.3 is 9.30 Å². The van der Waals surface area contributed by atoms with Crippen LogP contribution in [0.1, 0.15) is 35.6 Å². The summed E-state index contributed by atoms with van der Waals surface area (Å²) in [7, 11) is 1.21. The minimum Gasteiger partial charge on any atom is -0.465 e. The maximum Gasteiger partial charge on any atom is 0.340 e. The van der Waals surface area contributed by atoms with Crippen molar-refractivity contribution in [1.29, 1.82) is 0 Å². The lowest BCUT2D eigenvalue weighted by Gasteiger charge is -2.05. The molecule has 1 aliphatic rings. The second-order valence-corrected chi connectivity index (χ2v) is 5.07. The van der Waals surface area contributed by atoms with Crippen LogP contribution in [0.3, 0.4) is 0 Å². The number of aromatic nitrogens is 2. The summed E-state index contributed by atoms with van der Waals surface area (Å²) in [6.45, 7) is 2.08. The molecule has 1 atom stereocenters. The highest BCUT2D eigenvalue weighted by Gasteiger charge is 2.24. The molecule has 3 rings (SSSR count). The molecule has 114 valence electrons. The van der Waals surface area contributed by atoms with Crippen molar-refractivity contribution < 1.29 is 13.9 Å². The summed E-state index contributed by atoms with van der Waals surface area (Å²) < 4.78 is 20.4. The summed E-state index contributed by atoms with van der Waals surface area (Å²) in [5.41, 5.74) is 3.97. The van der Waals surface area contributed by atoms with E-state index >= 15 is 0 Å². The number of halogens is 1. The maximum atomic E-state index is 13.8. The summed E-state index contributed by atoms with van der Waals surface area (Å²) in [6.07, 6.45) is 4.40. The zero-order valence-electron chi connectivity index (χ0n) is 12.2. The smallest absolute Gasteiger partial charge is 0.340 e. The molecule has 0 aliphatic carbocycles. The fourth-order valence-electron chi connectivity index (χ4n) is 2.45. The molecule has 22 heavy (non-hydrogen) atoms. The van der Waals surface area contributed by atoms with Gasteiger partial charge in [-0.25, -0.2) is 14.2 Å². The number of hydrogen-bond donors (Lipinski definition) is 1. The van der Waals surface area contributed by atoms with Gasteiger partial charge in [-0.1, -0.05) is 0 Å². The molecule has 0 amide bonds. The monoisotopic (exact) mass is 302 g/mol. The molecule has 2 heterocycles. The first-order chi connectivity index (χ1) is 10.6. The summed E-state index contributed by atoms with van der Waals surface area (Å²) in [5, 5.41) is 4.29. The third kappa shape index (κ3) is 2.45. The van der Waals surface area contributed by atoms with E-state index in [4.69, 9.17) is 0 Å². The molecule has 0 saturated heterocycles. The Hall–Kier alpha value is -2.70. The van der Waals surface area contributed by atoms with Crippen LogP contribution in [0.5, 0.6) is 0 Å². The largest absolute Gasteiger partial charge is 0.465 e.